The zero-order valence-corrected chi connectivity index (χ0v) is 12.0. The molecule has 0 radical (unpaired) electrons. The molecular weight excluding hydrogens is 358 g/mol. The van der Waals surface area contributed by atoms with Gasteiger partial charge in [-0.1, -0.05) is 11.6 Å². The van der Waals surface area contributed by atoms with E-state index in [2.05, 4.69) is 21.2 Å². The van der Waals surface area contributed by atoms with Gasteiger partial charge in [0.2, 0.25) is 0 Å². The van der Waals surface area contributed by atoms with Crippen molar-refractivity contribution in [3.05, 3.63) is 62.8 Å². The van der Waals surface area contributed by atoms with Crippen molar-refractivity contribution in [1.29, 1.82) is 0 Å². The fourth-order valence-corrected chi connectivity index (χ4v) is 1.95. The summed E-state index contributed by atoms with van der Waals surface area (Å²) >= 11 is 8.92. The first-order valence-corrected chi connectivity index (χ1v) is 6.46. The zero-order chi connectivity index (χ0) is 14.9. The number of amides is 1. The van der Waals surface area contributed by atoms with Crippen molar-refractivity contribution < 1.29 is 18.0 Å². The molecule has 0 unspecified atom stereocenters. The number of anilines is 1. The predicted molar refractivity (Wildman–Crippen MR) is 73.4 cm³/mol. The average Bonchev–Trinajstić information content (AvgIpc) is 2.39. The Hall–Kier alpha value is -1.53. The van der Waals surface area contributed by atoms with Gasteiger partial charge >= 0.3 is 0 Å². The van der Waals surface area contributed by atoms with Gasteiger partial charge in [0.15, 0.2) is 11.6 Å². The molecule has 0 saturated heterocycles. The lowest BCUT2D eigenvalue weighted by atomic mass is 10.2. The molecular formula is C13H6BrClF3NO. The van der Waals surface area contributed by atoms with Gasteiger partial charge in [-0.25, -0.2) is 13.2 Å². The van der Waals surface area contributed by atoms with Gasteiger partial charge in [0.25, 0.3) is 5.91 Å². The van der Waals surface area contributed by atoms with Gasteiger partial charge in [-0.05, 0) is 34.1 Å². The quantitative estimate of drug-likeness (QED) is 0.764. The van der Waals surface area contributed by atoms with Crippen LogP contribution in [0.5, 0.6) is 0 Å². The van der Waals surface area contributed by atoms with E-state index in [-0.39, 0.29) is 5.56 Å². The van der Waals surface area contributed by atoms with Crippen LogP contribution in [0.25, 0.3) is 0 Å². The molecule has 0 heterocycles. The topological polar surface area (TPSA) is 29.1 Å². The third kappa shape index (κ3) is 3.13. The van der Waals surface area contributed by atoms with Gasteiger partial charge in [0.05, 0.1) is 10.7 Å². The van der Waals surface area contributed by atoms with Crippen LogP contribution < -0.4 is 5.32 Å². The normalized spacial score (nSPS) is 10.4. The Morgan fingerprint density at radius 1 is 1.05 bits per heavy atom. The van der Waals surface area contributed by atoms with Crippen LogP contribution in [0.2, 0.25) is 5.02 Å². The minimum atomic E-state index is -1.32. The first kappa shape index (κ1) is 14.9. The summed E-state index contributed by atoms with van der Waals surface area (Å²) in [6.07, 6.45) is 0. The number of benzene rings is 2. The molecule has 0 aliphatic carbocycles. The average molecular weight is 365 g/mol. The number of halogens is 5. The van der Waals surface area contributed by atoms with Crippen molar-refractivity contribution in [3.8, 4) is 0 Å². The Balaban J connectivity index is 2.27. The first-order valence-electron chi connectivity index (χ1n) is 5.29. The van der Waals surface area contributed by atoms with Gasteiger partial charge in [0.1, 0.15) is 5.82 Å². The maximum Gasteiger partial charge on any atom is 0.255 e. The summed E-state index contributed by atoms with van der Waals surface area (Å²) in [6.45, 7) is 0. The summed E-state index contributed by atoms with van der Waals surface area (Å²) in [5, 5.41) is 2.56. The zero-order valence-electron chi connectivity index (χ0n) is 9.68. The molecule has 0 bridgehead atoms. The minimum absolute atomic E-state index is 0.186. The molecule has 0 aliphatic heterocycles. The van der Waals surface area contributed by atoms with Crippen molar-refractivity contribution in [2.75, 3.05) is 5.32 Å². The largest absolute Gasteiger partial charge is 0.319 e. The van der Waals surface area contributed by atoms with Crippen LogP contribution in [-0.4, -0.2) is 5.91 Å². The van der Waals surface area contributed by atoms with Gasteiger partial charge < -0.3 is 5.32 Å². The van der Waals surface area contributed by atoms with Gasteiger partial charge in [-0.15, -0.1) is 0 Å². The molecule has 0 spiro atoms. The molecule has 2 aromatic rings. The van der Waals surface area contributed by atoms with E-state index in [0.29, 0.717) is 21.6 Å². The number of nitrogens with one attached hydrogen (secondary N) is 1. The first-order chi connectivity index (χ1) is 9.38. The van der Waals surface area contributed by atoms with Crippen LogP contribution >= 0.6 is 27.5 Å². The smallest absolute Gasteiger partial charge is 0.255 e. The van der Waals surface area contributed by atoms with E-state index in [1.165, 1.54) is 18.2 Å². The molecule has 2 rings (SSSR count). The number of hydrogen-bond donors (Lipinski definition) is 1. The standard InChI is InChI=1S/C13H6BrClF3NO/c14-7-3-6(1-2-8(7)15)13(20)19-12-5-10(17)9(16)4-11(12)18/h1-5H,(H,19,20). The highest BCUT2D eigenvalue weighted by Gasteiger charge is 2.14. The van der Waals surface area contributed by atoms with Crippen molar-refractivity contribution in [2.24, 2.45) is 0 Å². The van der Waals surface area contributed by atoms with Gasteiger partial charge in [-0.2, -0.15) is 0 Å². The van der Waals surface area contributed by atoms with E-state index >= 15 is 0 Å². The molecule has 0 atom stereocenters. The number of carbonyl (C=O) groups is 1. The number of carbonyl (C=O) groups excluding carboxylic acids is 1. The molecule has 0 aromatic heterocycles. The van der Waals surface area contributed by atoms with Crippen LogP contribution in [0.3, 0.4) is 0 Å². The maximum atomic E-state index is 13.4. The Morgan fingerprint density at radius 3 is 2.35 bits per heavy atom. The molecule has 104 valence electrons. The van der Waals surface area contributed by atoms with E-state index < -0.39 is 29.0 Å². The minimum Gasteiger partial charge on any atom is -0.319 e. The third-order valence-electron chi connectivity index (χ3n) is 2.44. The predicted octanol–water partition coefficient (Wildman–Crippen LogP) is 4.77. The van der Waals surface area contributed by atoms with Crippen molar-refractivity contribution in [1.82, 2.24) is 0 Å². The van der Waals surface area contributed by atoms with Gasteiger partial charge in [0, 0.05) is 22.2 Å². The Labute approximate surface area is 125 Å². The van der Waals surface area contributed by atoms with E-state index in [4.69, 9.17) is 11.6 Å². The van der Waals surface area contributed by atoms with Crippen LogP contribution in [0.1, 0.15) is 10.4 Å². The summed E-state index contributed by atoms with van der Waals surface area (Å²) in [6, 6.07) is 5.26. The molecule has 0 aliphatic rings. The Bertz CT molecular complexity index is 694. The highest BCUT2D eigenvalue weighted by Crippen LogP contribution is 2.24. The lowest BCUT2D eigenvalue weighted by Gasteiger charge is -2.08. The lowest BCUT2D eigenvalue weighted by Crippen LogP contribution is -2.13. The third-order valence-corrected chi connectivity index (χ3v) is 3.65. The number of rotatable bonds is 2. The maximum absolute atomic E-state index is 13.4. The second-order valence-corrected chi connectivity index (χ2v) is 5.09. The molecule has 0 fully saturated rings. The van der Waals surface area contributed by atoms with Crippen molar-refractivity contribution >= 4 is 39.1 Å². The van der Waals surface area contributed by atoms with Crippen LogP contribution in [0, 0.1) is 17.5 Å². The summed E-state index contributed by atoms with van der Waals surface area (Å²) in [7, 11) is 0. The Kier molecular flexibility index (Phi) is 4.35. The summed E-state index contributed by atoms with van der Waals surface area (Å²) in [4.78, 5) is 11.9. The molecule has 1 N–H and O–H groups in total. The van der Waals surface area contributed by atoms with Crippen LogP contribution in [0.15, 0.2) is 34.8 Å². The van der Waals surface area contributed by atoms with E-state index in [0.717, 1.165) is 0 Å². The van der Waals surface area contributed by atoms with Crippen molar-refractivity contribution in [3.63, 3.8) is 0 Å². The monoisotopic (exact) mass is 363 g/mol. The second kappa shape index (κ2) is 5.85. The fourth-order valence-electron chi connectivity index (χ4n) is 1.45. The lowest BCUT2D eigenvalue weighted by molar-refractivity contribution is 0.102. The summed E-state index contributed by atoms with van der Waals surface area (Å²) < 4.78 is 39.7. The molecule has 2 nitrogen and oxygen atoms in total. The highest BCUT2D eigenvalue weighted by molar-refractivity contribution is 9.10. The molecule has 0 saturated carbocycles. The van der Waals surface area contributed by atoms with Crippen molar-refractivity contribution in [2.45, 2.75) is 0 Å². The van der Waals surface area contributed by atoms with E-state index in [9.17, 15) is 18.0 Å². The van der Waals surface area contributed by atoms with Crippen LogP contribution in [-0.2, 0) is 0 Å². The second-order valence-electron chi connectivity index (χ2n) is 3.83. The summed E-state index contributed by atoms with van der Waals surface area (Å²) in [5.74, 6) is -4.31. The molecule has 20 heavy (non-hydrogen) atoms. The van der Waals surface area contributed by atoms with Gasteiger partial charge in [-0.3, -0.25) is 4.79 Å². The SMILES string of the molecule is O=C(Nc1cc(F)c(F)cc1F)c1ccc(Cl)c(Br)c1. The molecule has 2 aromatic carbocycles. The van der Waals surface area contributed by atoms with E-state index in [1.54, 1.807) is 0 Å². The Morgan fingerprint density at radius 2 is 1.70 bits per heavy atom. The molecule has 1 amide bonds. The summed E-state index contributed by atoms with van der Waals surface area (Å²) in [5.41, 5.74) is -0.259. The fraction of sp³-hybridized carbons (Fsp3) is 0. The molecule has 7 heteroatoms. The number of hydrogen-bond acceptors (Lipinski definition) is 1. The van der Waals surface area contributed by atoms with Crippen LogP contribution in [0.4, 0.5) is 18.9 Å². The highest BCUT2D eigenvalue weighted by atomic mass is 79.9. The van der Waals surface area contributed by atoms with E-state index in [1.807, 2.05) is 0 Å².